The third-order valence-electron chi connectivity index (χ3n) is 1.64. The summed E-state index contributed by atoms with van der Waals surface area (Å²) >= 11 is 0. The summed E-state index contributed by atoms with van der Waals surface area (Å²) in [5.74, 6) is 4.46. The summed E-state index contributed by atoms with van der Waals surface area (Å²) in [6, 6.07) is 0. The molecule has 0 aliphatic heterocycles. The van der Waals surface area contributed by atoms with Crippen molar-refractivity contribution in [3.63, 3.8) is 0 Å². The molecular formula is C10H17OP. The van der Waals surface area contributed by atoms with Crippen molar-refractivity contribution >= 4 is 7.76 Å². The van der Waals surface area contributed by atoms with Crippen LogP contribution in [0, 0.1) is 13.8 Å². The Bertz CT molecular complexity index is 248. The van der Waals surface area contributed by atoms with Crippen molar-refractivity contribution in [1.29, 1.82) is 0 Å². The zero-order valence-corrected chi connectivity index (χ0v) is 9.40. The molecule has 2 heteroatoms. The van der Waals surface area contributed by atoms with Crippen molar-refractivity contribution in [1.82, 2.24) is 0 Å². The molecule has 0 aliphatic carbocycles. The normalized spacial score (nSPS) is 12.1. The Morgan fingerprint density at radius 2 is 1.50 bits per heavy atom. The smallest absolute Gasteiger partial charge is 0.0701 e. The fraction of sp³-hybridized carbons (Fsp3) is 0.600. The lowest BCUT2D eigenvalue weighted by molar-refractivity contribution is 0.206. The van der Waals surface area contributed by atoms with Crippen molar-refractivity contribution in [3.8, 4) is 0 Å². The molecule has 0 amide bonds. The zero-order valence-electron chi connectivity index (χ0n) is 8.51. The standard InChI is InChI=1S/C10H17OP/c1-8-6-12(7-9(8)2)11-10(3,4)5/h6-7H,1-5H3. The summed E-state index contributed by atoms with van der Waals surface area (Å²) in [4.78, 5) is 0. The van der Waals surface area contributed by atoms with Crippen LogP contribution in [-0.2, 0) is 0 Å². The average molecular weight is 184 g/mol. The quantitative estimate of drug-likeness (QED) is 0.648. The number of rotatable bonds is 1. The van der Waals surface area contributed by atoms with Gasteiger partial charge in [0.05, 0.1) is 5.60 Å². The molecule has 1 nitrogen and oxygen atoms in total. The van der Waals surface area contributed by atoms with Gasteiger partial charge in [0, 0.05) is 7.76 Å². The van der Waals surface area contributed by atoms with Crippen LogP contribution >= 0.6 is 7.76 Å². The monoisotopic (exact) mass is 184 g/mol. The molecule has 0 fully saturated rings. The first kappa shape index (κ1) is 9.83. The van der Waals surface area contributed by atoms with Crippen molar-refractivity contribution in [3.05, 3.63) is 22.7 Å². The van der Waals surface area contributed by atoms with Gasteiger partial charge in [-0.15, -0.1) is 0 Å². The van der Waals surface area contributed by atoms with Crippen LogP contribution in [0.25, 0.3) is 0 Å². The average Bonchev–Trinajstić information content (AvgIpc) is 2.07. The fourth-order valence-electron chi connectivity index (χ4n) is 0.992. The highest BCUT2D eigenvalue weighted by Gasteiger charge is 2.12. The van der Waals surface area contributed by atoms with Crippen molar-refractivity contribution in [2.45, 2.75) is 40.2 Å². The van der Waals surface area contributed by atoms with E-state index in [0.717, 1.165) is 0 Å². The molecule has 0 atom stereocenters. The molecule has 0 bridgehead atoms. The Hall–Kier alpha value is -0.260. The first-order valence-corrected chi connectivity index (χ1v) is 5.63. The van der Waals surface area contributed by atoms with Crippen LogP contribution < -0.4 is 4.52 Å². The van der Waals surface area contributed by atoms with Gasteiger partial charge < -0.3 is 4.52 Å². The molecule has 0 N–H and O–H groups in total. The molecule has 0 aliphatic rings. The maximum Gasteiger partial charge on any atom is 0.0701 e. The van der Waals surface area contributed by atoms with E-state index in [1.54, 1.807) is 0 Å². The van der Waals surface area contributed by atoms with Crippen LogP contribution in [0.2, 0.25) is 0 Å². The molecule has 0 aromatic carbocycles. The van der Waals surface area contributed by atoms with Gasteiger partial charge in [0.15, 0.2) is 0 Å². The Morgan fingerprint density at radius 3 is 1.83 bits per heavy atom. The van der Waals surface area contributed by atoms with Crippen LogP contribution in [-0.4, -0.2) is 5.60 Å². The number of hydrogen-bond donors (Lipinski definition) is 0. The minimum Gasteiger partial charge on any atom is -0.327 e. The SMILES string of the molecule is Cc1cp(OC(C)(C)C)cc1C. The van der Waals surface area contributed by atoms with Crippen LogP contribution in [0.3, 0.4) is 0 Å². The lowest BCUT2D eigenvalue weighted by Gasteiger charge is -2.18. The number of hydrogen-bond acceptors (Lipinski definition) is 1. The summed E-state index contributed by atoms with van der Waals surface area (Å²) in [7, 11) is -0.436. The van der Waals surface area contributed by atoms with E-state index in [1.807, 2.05) is 0 Å². The summed E-state index contributed by atoms with van der Waals surface area (Å²) in [6.45, 7) is 10.6. The topological polar surface area (TPSA) is 9.23 Å². The largest absolute Gasteiger partial charge is 0.327 e. The van der Waals surface area contributed by atoms with E-state index in [4.69, 9.17) is 4.52 Å². The van der Waals surface area contributed by atoms with Crippen molar-refractivity contribution in [2.75, 3.05) is 0 Å². The van der Waals surface area contributed by atoms with E-state index < -0.39 is 7.76 Å². The molecule has 1 aromatic rings. The minimum absolute atomic E-state index is 0.0242. The summed E-state index contributed by atoms with van der Waals surface area (Å²) in [5, 5.41) is 0. The van der Waals surface area contributed by atoms with Gasteiger partial charge in [-0.05, 0) is 57.3 Å². The van der Waals surface area contributed by atoms with E-state index >= 15 is 0 Å². The van der Waals surface area contributed by atoms with Crippen LogP contribution in [0.1, 0.15) is 31.9 Å². The molecule has 0 spiro atoms. The van der Waals surface area contributed by atoms with E-state index in [2.05, 4.69) is 46.2 Å². The van der Waals surface area contributed by atoms with E-state index in [1.165, 1.54) is 11.1 Å². The zero-order chi connectivity index (χ0) is 9.35. The van der Waals surface area contributed by atoms with E-state index in [0.29, 0.717) is 0 Å². The molecule has 1 heterocycles. The highest BCUT2D eigenvalue weighted by molar-refractivity contribution is 7.43. The van der Waals surface area contributed by atoms with E-state index in [-0.39, 0.29) is 5.60 Å². The Kier molecular flexibility index (Phi) is 2.65. The first-order chi connectivity index (χ1) is 5.38. The lowest BCUT2D eigenvalue weighted by Crippen LogP contribution is -2.21. The van der Waals surface area contributed by atoms with Crippen LogP contribution in [0.5, 0.6) is 0 Å². The van der Waals surface area contributed by atoms with Crippen LogP contribution in [0.15, 0.2) is 11.6 Å². The molecule has 68 valence electrons. The van der Waals surface area contributed by atoms with Crippen molar-refractivity contribution < 1.29 is 4.52 Å². The van der Waals surface area contributed by atoms with E-state index in [9.17, 15) is 0 Å². The molecule has 0 radical (unpaired) electrons. The highest BCUT2D eigenvalue weighted by Crippen LogP contribution is 2.33. The predicted octanol–water partition coefficient (Wildman–Crippen LogP) is 3.52. The molecule has 0 unspecified atom stereocenters. The van der Waals surface area contributed by atoms with Gasteiger partial charge in [0.2, 0.25) is 0 Å². The second kappa shape index (κ2) is 3.24. The van der Waals surface area contributed by atoms with Gasteiger partial charge in [-0.25, -0.2) is 0 Å². The third-order valence-corrected chi connectivity index (χ3v) is 3.69. The Balaban J connectivity index is 2.77. The molecule has 1 aromatic heterocycles. The Labute approximate surface area is 75.9 Å². The molecule has 0 saturated carbocycles. The molecular weight excluding hydrogens is 167 g/mol. The summed E-state index contributed by atoms with van der Waals surface area (Å²) < 4.78 is 5.85. The lowest BCUT2D eigenvalue weighted by atomic mass is 10.2. The van der Waals surface area contributed by atoms with Crippen LogP contribution in [0.4, 0.5) is 0 Å². The molecule has 0 saturated heterocycles. The van der Waals surface area contributed by atoms with Gasteiger partial charge in [0.25, 0.3) is 0 Å². The second-order valence-corrected chi connectivity index (χ2v) is 5.61. The van der Waals surface area contributed by atoms with Crippen molar-refractivity contribution in [2.24, 2.45) is 0 Å². The predicted molar refractivity (Wildman–Crippen MR) is 55.0 cm³/mol. The third kappa shape index (κ3) is 2.66. The highest BCUT2D eigenvalue weighted by atomic mass is 31.1. The van der Waals surface area contributed by atoms with Gasteiger partial charge in [0.1, 0.15) is 0 Å². The van der Waals surface area contributed by atoms with Gasteiger partial charge in [-0.2, -0.15) is 0 Å². The fourth-order valence-corrected chi connectivity index (χ4v) is 2.97. The second-order valence-electron chi connectivity index (χ2n) is 4.19. The van der Waals surface area contributed by atoms with Gasteiger partial charge >= 0.3 is 0 Å². The Morgan fingerprint density at radius 1 is 1.08 bits per heavy atom. The first-order valence-electron chi connectivity index (χ1n) is 4.23. The summed E-state index contributed by atoms with van der Waals surface area (Å²) in [5.41, 5.74) is 2.71. The minimum atomic E-state index is -0.436. The van der Waals surface area contributed by atoms with Gasteiger partial charge in [-0.1, -0.05) is 0 Å². The summed E-state index contributed by atoms with van der Waals surface area (Å²) in [6.07, 6.45) is 0. The molecule has 12 heavy (non-hydrogen) atoms. The number of aryl methyl sites for hydroxylation is 2. The molecule has 1 rings (SSSR count). The maximum atomic E-state index is 5.85. The maximum absolute atomic E-state index is 5.85. The van der Waals surface area contributed by atoms with Gasteiger partial charge in [-0.3, -0.25) is 0 Å².